The fourth-order valence-electron chi connectivity index (χ4n) is 3.02. The minimum atomic E-state index is -0.563. The Labute approximate surface area is 123 Å². The zero-order chi connectivity index (χ0) is 15.0. The number of carbonyl (C=O) groups is 3. The summed E-state index contributed by atoms with van der Waals surface area (Å²) in [5.74, 6) is -0.250. The molecule has 0 aliphatic carbocycles. The molecule has 8 heteroatoms. The SMILES string of the molecule is C[C@@H]1NC(=O)[C@H]2CN(C(=O)N3CCOCC3)CCN2C1=O. The molecular formula is C13H20N4O4. The van der Waals surface area contributed by atoms with E-state index in [4.69, 9.17) is 4.74 Å². The zero-order valence-corrected chi connectivity index (χ0v) is 12.1. The first-order valence-electron chi connectivity index (χ1n) is 7.30. The third-order valence-electron chi connectivity index (χ3n) is 4.25. The smallest absolute Gasteiger partial charge is 0.320 e. The first-order chi connectivity index (χ1) is 10.1. The Hall–Kier alpha value is -1.83. The molecule has 2 atom stereocenters. The molecule has 21 heavy (non-hydrogen) atoms. The van der Waals surface area contributed by atoms with Crippen molar-refractivity contribution in [2.75, 3.05) is 45.9 Å². The van der Waals surface area contributed by atoms with Gasteiger partial charge in [0.15, 0.2) is 0 Å². The van der Waals surface area contributed by atoms with Crippen molar-refractivity contribution in [3.05, 3.63) is 0 Å². The fourth-order valence-corrected chi connectivity index (χ4v) is 3.02. The van der Waals surface area contributed by atoms with E-state index in [0.29, 0.717) is 39.4 Å². The van der Waals surface area contributed by atoms with Gasteiger partial charge >= 0.3 is 6.03 Å². The summed E-state index contributed by atoms with van der Waals surface area (Å²) in [6.45, 7) is 5.08. The van der Waals surface area contributed by atoms with Gasteiger partial charge in [-0.2, -0.15) is 0 Å². The fraction of sp³-hybridized carbons (Fsp3) is 0.769. The maximum atomic E-state index is 12.4. The summed E-state index contributed by atoms with van der Waals surface area (Å²) < 4.78 is 5.24. The second-order valence-corrected chi connectivity index (χ2v) is 5.61. The molecule has 1 N–H and O–H groups in total. The lowest BCUT2D eigenvalue weighted by molar-refractivity contribution is -0.151. The van der Waals surface area contributed by atoms with Gasteiger partial charge in [-0.25, -0.2) is 4.79 Å². The van der Waals surface area contributed by atoms with Crippen LogP contribution >= 0.6 is 0 Å². The molecule has 4 amide bonds. The zero-order valence-electron chi connectivity index (χ0n) is 12.1. The van der Waals surface area contributed by atoms with E-state index < -0.39 is 12.1 Å². The van der Waals surface area contributed by atoms with Gasteiger partial charge in [-0.15, -0.1) is 0 Å². The predicted molar refractivity (Wildman–Crippen MR) is 72.5 cm³/mol. The Morgan fingerprint density at radius 1 is 1.14 bits per heavy atom. The summed E-state index contributed by atoms with van der Waals surface area (Å²) in [5, 5.41) is 2.67. The van der Waals surface area contributed by atoms with Crippen molar-refractivity contribution in [1.82, 2.24) is 20.0 Å². The van der Waals surface area contributed by atoms with E-state index in [1.54, 1.807) is 21.6 Å². The van der Waals surface area contributed by atoms with Crippen LogP contribution in [0.4, 0.5) is 4.79 Å². The third-order valence-corrected chi connectivity index (χ3v) is 4.25. The van der Waals surface area contributed by atoms with E-state index in [1.807, 2.05) is 0 Å². The second kappa shape index (κ2) is 5.51. The lowest BCUT2D eigenvalue weighted by Gasteiger charge is -2.45. The van der Waals surface area contributed by atoms with Crippen LogP contribution in [-0.2, 0) is 14.3 Å². The van der Waals surface area contributed by atoms with Crippen LogP contribution in [0.15, 0.2) is 0 Å². The van der Waals surface area contributed by atoms with E-state index in [1.165, 1.54) is 0 Å². The third kappa shape index (κ3) is 2.55. The highest BCUT2D eigenvalue weighted by atomic mass is 16.5. The molecule has 0 unspecified atom stereocenters. The van der Waals surface area contributed by atoms with Crippen molar-refractivity contribution < 1.29 is 19.1 Å². The normalized spacial score (nSPS) is 30.0. The number of nitrogens with zero attached hydrogens (tertiary/aromatic N) is 3. The van der Waals surface area contributed by atoms with Crippen molar-refractivity contribution in [2.45, 2.75) is 19.0 Å². The Bertz CT molecular complexity index is 463. The number of rotatable bonds is 0. The molecule has 3 aliphatic rings. The van der Waals surface area contributed by atoms with Crippen LogP contribution in [0.3, 0.4) is 0 Å². The summed E-state index contributed by atoms with van der Waals surface area (Å²) >= 11 is 0. The Balaban J connectivity index is 1.67. The van der Waals surface area contributed by atoms with Crippen molar-refractivity contribution in [3.63, 3.8) is 0 Å². The first kappa shape index (κ1) is 14.1. The van der Waals surface area contributed by atoms with Gasteiger partial charge in [0.05, 0.1) is 19.8 Å². The van der Waals surface area contributed by atoms with Crippen molar-refractivity contribution in [2.24, 2.45) is 0 Å². The molecule has 0 spiro atoms. The molecule has 0 aromatic heterocycles. The predicted octanol–water partition coefficient (Wildman–Crippen LogP) is -1.53. The van der Waals surface area contributed by atoms with Crippen molar-refractivity contribution >= 4 is 17.8 Å². The van der Waals surface area contributed by atoms with Crippen molar-refractivity contribution in [3.8, 4) is 0 Å². The minimum Gasteiger partial charge on any atom is -0.378 e. The van der Waals surface area contributed by atoms with Crippen LogP contribution in [0.5, 0.6) is 0 Å². The summed E-state index contributed by atoms with van der Waals surface area (Å²) in [6.07, 6.45) is 0. The van der Waals surface area contributed by atoms with Gasteiger partial charge < -0.3 is 24.8 Å². The highest BCUT2D eigenvalue weighted by Gasteiger charge is 2.43. The second-order valence-electron chi connectivity index (χ2n) is 5.61. The maximum Gasteiger partial charge on any atom is 0.320 e. The van der Waals surface area contributed by atoms with Crippen LogP contribution in [0.2, 0.25) is 0 Å². The summed E-state index contributed by atoms with van der Waals surface area (Å²) in [7, 11) is 0. The molecule has 0 aromatic carbocycles. The number of hydrogen-bond acceptors (Lipinski definition) is 4. The van der Waals surface area contributed by atoms with Crippen molar-refractivity contribution in [1.29, 1.82) is 0 Å². The number of piperazine rings is 2. The quantitative estimate of drug-likeness (QED) is 0.588. The van der Waals surface area contributed by atoms with Gasteiger partial charge in [-0.1, -0.05) is 0 Å². The molecule has 116 valence electrons. The highest BCUT2D eigenvalue weighted by Crippen LogP contribution is 2.17. The highest BCUT2D eigenvalue weighted by molar-refractivity contribution is 5.97. The van der Waals surface area contributed by atoms with E-state index in [0.717, 1.165) is 0 Å². The molecule has 3 heterocycles. The lowest BCUT2D eigenvalue weighted by atomic mass is 10.1. The van der Waals surface area contributed by atoms with E-state index in [-0.39, 0.29) is 24.4 Å². The van der Waals surface area contributed by atoms with Crippen LogP contribution < -0.4 is 5.32 Å². The average molecular weight is 296 g/mol. The Kier molecular flexibility index (Phi) is 3.71. The Morgan fingerprint density at radius 2 is 1.86 bits per heavy atom. The van der Waals surface area contributed by atoms with E-state index in [9.17, 15) is 14.4 Å². The number of fused-ring (bicyclic) bond motifs is 1. The van der Waals surface area contributed by atoms with Crippen LogP contribution in [0.1, 0.15) is 6.92 Å². The number of ether oxygens (including phenoxy) is 1. The molecule has 3 fully saturated rings. The number of hydrogen-bond donors (Lipinski definition) is 1. The molecule has 3 aliphatic heterocycles. The number of carbonyl (C=O) groups excluding carboxylic acids is 3. The lowest BCUT2D eigenvalue weighted by Crippen LogP contribution is -2.69. The molecule has 0 radical (unpaired) electrons. The topological polar surface area (TPSA) is 82.2 Å². The summed E-state index contributed by atoms with van der Waals surface area (Å²) in [6, 6.07) is -1.11. The van der Waals surface area contributed by atoms with Gasteiger partial charge in [0, 0.05) is 26.2 Å². The maximum absolute atomic E-state index is 12.4. The van der Waals surface area contributed by atoms with Crippen LogP contribution in [0, 0.1) is 0 Å². The standard InChI is InChI=1S/C13H20N4O4/c1-9-12(19)17-3-2-16(8-10(17)11(18)14-9)13(20)15-4-6-21-7-5-15/h9-10H,2-8H2,1H3,(H,14,18)/t9-,10+/m0/s1. The van der Waals surface area contributed by atoms with Gasteiger partial charge in [0.2, 0.25) is 11.8 Å². The van der Waals surface area contributed by atoms with E-state index >= 15 is 0 Å². The number of urea groups is 1. The van der Waals surface area contributed by atoms with Crippen LogP contribution in [0.25, 0.3) is 0 Å². The largest absolute Gasteiger partial charge is 0.378 e. The average Bonchev–Trinajstić information content (AvgIpc) is 2.52. The number of nitrogens with one attached hydrogen (secondary N) is 1. The minimum absolute atomic E-state index is 0.0712. The van der Waals surface area contributed by atoms with E-state index in [2.05, 4.69) is 5.32 Å². The molecule has 0 aromatic rings. The summed E-state index contributed by atoms with van der Waals surface area (Å²) in [5.41, 5.74) is 0. The number of amides is 4. The number of morpholine rings is 1. The molecule has 3 rings (SSSR count). The van der Waals surface area contributed by atoms with Gasteiger partial charge in [0.25, 0.3) is 0 Å². The first-order valence-corrected chi connectivity index (χ1v) is 7.30. The van der Waals surface area contributed by atoms with Gasteiger partial charge in [-0.05, 0) is 6.92 Å². The van der Waals surface area contributed by atoms with Gasteiger partial charge in [0.1, 0.15) is 12.1 Å². The van der Waals surface area contributed by atoms with Gasteiger partial charge in [-0.3, -0.25) is 9.59 Å². The monoisotopic (exact) mass is 296 g/mol. The molecule has 8 nitrogen and oxygen atoms in total. The molecule has 0 bridgehead atoms. The summed E-state index contributed by atoms with van der Waals surface area (Å²) in [4.78, 5) is 41.6. The molecule has 3 saturated heterocycles. The van der Waals surface area contributed by atoms with Crippen LogP contribution in [-0.4, -0.2) is 90.6 Å². The molecular weight excluding hydrogens is 276 g/mol. The molecule has 0 saturated carbocycles. The Morgan fingerprint density at radius 3 is 2.57 bits per heavy atom.